The van der Waals surface area contributed by atoms with E-state index in [1.54, 1.807) is 0 Å². The van der Waals surface area contributed by atoms with Crippen LogP contribution < -0.4 is 4.90 Å². The maximum absolute atomic E-state index is 6.70. The highest BCUT2D eigenvalue weighted by molar-refractivity contribution is 7.25. The molecule has 58 heavy (non-hydrogen) atoms. The van der Waals surface area contributed by atoms with Crippen molar-refractivity contribution < 1.29 is 4.42 Å². The van der Waals surface area contributed by atoms with Crippen molar-refractivity contribution in [3.63, 3.8) is 0 Å². The quantitative estimate of drug-likeness (QED) is 0.174. The van der Waals surface area contributed by atoms with Crippen molar-refractivity contribution in [1.29, 1.82) is 0 Å². The zero-order valence-corrected chi connectivity index (χ0v) is 33.0. The minimum Gasteiger partial charge on any atom is -0.455 e. The molecule has 1 aliphatic rings. The lowest BCUT2D eigenvalue weighted by Crippen LogP contribution is -2.16. The summed E-state index contributed by atoms with van der Waals surface area (Å²) in [5.41, 5.74) is 15.1. The van der Waals surface area contributed by atoms with E-state index in [1.807, 2.05) is 11.3 Å². The number of furan rings is 1. The zero-order chi connectivity index (χ0) is 38.5. The first-order chi connectivity index (χ1) is 28.5. The molecule has 1 aliphatic carbocycles. The smallest absolute Gasteiger partial charge is 0.143 e. The zero-order valence-electron chi connectivity index (χ0n) is 32.2. The highest BCUT2D eigenvalue weighted by atomic mass is 32.1. The van der Waals surface area contributed by atoms with E-state index in [-0.39, 0.29) is 5.41 Å². The average Bonchev–Trinajstić information content (AvgIpc) is 3.92. The largest absolute Gasteiger partial charge is 0.455 e. The average molecular weight is 760 g/mol. The summed E-state index contributed by atoms with van der Waals surface area (Å²) >= 11 is 1.86. The van der Waals surface area contributed by atoms with Gasteiger partial charge >= 0.3 is 0 Å². The Bertz CT molecular complexity index is 3440. The summed E-state index contributed by atoms with van der Waals surface area (Å²) in [5.74, 6) is 0. The molecular formula is C55H37NOS. The highest BCUT2D eigenvalue weighted by Crippen LogP contribution is 2.52. The summed E-state index contributed by atoms with van der Waals surface area (Å²) in [4.78, 5) is 2.45. The second-order valence-corrected chi connectivity index (χ2v) is 17.1. The lowest BCUT2D eigenvalue weighted by atomic mass is 9.82. The summed E-state index contributed by atoms with van der Waals surface area (Å²) in [7, 11) is 0. The molecule has 11 aromatic rings. The fourth-order valence-corrected chi connectivity index (χ4v) is 10.9. The van der Waals surface area contributed by atoms with E-state index in [9.17, 15) is 0 Å². The Kier molecular flexibility index (Phi) is 7.18. The number of nitrogens with zero attached hydrogens (tertiary/aromatic N) is 1. The summed E-state index contributed by atoms with van der Waals surface area (Å²) in [5, 5.41) is 7.20. The maximum Gasteiger partial charge on any atom is 0.143 e. The molecule has 2 aromatic heterocycles. The predicted molar refractivity (Wildman–Crippen MR) is 247 cm³/mol. The minimum atomic E-state index is -0.136. The molecule has 0 radical (unpaired) electrons. The van der Waals surface area contributed by atoms with E-state index in [0.717, 1.165) is 55.5 Å². The molecule has 3 heteroatoms. The predicted octanol–water partition coefficient (Wildman–Crippen LogP) is 16.2. The number of benzene rings is 9. The standard InChI is InChI=1S/C55H37NOS/c1-55(2)46-20-8-5-15-40(46)41-32-30-37(33-47(41)55)56(36-28-25-35(26-29-36)38-18-12-24-51-53(38)44-17-7-10-23-50(44)58-51)48-21-9-6-16-42(48)43-19-11-22-49-52(43)45-31-27-34-13-3-4-14-39(34)54(45)57-49/h3-33H,1-2H3. The van der Waals surface area contributed by atoms with Gasteiger partial charge in [-0.15, -0.1) is 11.3 Å². The molecule has 0 amide bonds. The van der Waals surface area contributed by atoms with Crippen molar-refractivity contribution in [2.24, 2.45) is 0 Å². The monoisotopic (exact) mass is 759 g/mol. The Morgan fingerprint density at radius 2 is 1.12 bits per heavy atom. The minimum absolute atomic E-state index is 0.136. The number of para-hydroxylation sites is 1. The molecule has 0 N–H and O–H groups in total. The second kappa shape index (κ2) is 12.5. The molecule has 2 nitrogen and oxygen atoms in total. The van der Waals surface area contributed by atoms with Crippen molar-refractivity contribution in [3.8, 4) is 33.4 Å². The number of thiophene rings is 1. The van der Waals surface area contributed by atoms with E-state index >= 15 is 0 Å². The van der Waals surface area contributed by atoms with Crippen LogP contribution in [0.2, 0.25) is 0 Å². The van der Waals surface area contributed by atoms with Gasteiger partial charge < -0.3 is 9.32 Å². The summed E-state index contributed by atoms with van der Waals surface area (Å²) in [6.07, 6.45) is 0. The molecular weight excluding hydrogens is 723 g/mol. The van der Waals surface area contributed by atoms with Gasteiger partial charge in [0.2, 0.25) is 0 Å². The van der Waals surface area contributed by atoms with E-state index < -0.39 is 0 Å². The molecule has 0 spiro atoms. The van der Waals surface area contributed by atoms with E-state index in [0.29, 0.717) is 0 Å². The number of anilines is 3. The molecule has 0 saturated heterocycles. The molecule has 0 bridgehead atoms. The fourth-order valence-electron chi connectivity index (χ4n) is 9.74. The van der Waals surface area contributed by atoms with Crippen LogP contribution in [0.4, 0.5) is 17.1 Å². The third kappa shape index (κ3) is 4.84. The van der Waals surface area contributed by atoms with Crippen molar-refractivity contribution in [2.75, 3.05) is 4.90 Å². The number of hydrogen-bond donors (Lipinski definition) is 0. The van der Waals surface area contributed by atoms with Crippen LogP contribution >= 0.6 is 11.3 Å². The Hall–Kier alpha value is -6.94. The molecule has 0 atom stereocenters. The first-order valence-electron chi connectivity index (χ1n) is 20.0. The van der Waals surface area contributed by atoms with E-state index in [4.69, 9.17) is 4.42 Å². The van der Waals surface area contributed by atoms with Gasteiger partial charge in [-0.2, -0.15) is 0 Å². The van der Waals surface area contributed by atoms with E-state index in [2.05, 4.69) is 207 Å². The number of rotatable bonds is 5. The third-order valence-corrected chi connectivity index (χ3v) is 13.6. The van der Waals surface area contributed by atoms with Gasteiger partial charge in [-0.25, -0.2) is 0 Å². The Balaban J connectivity index is 1.07. The summed E-state index contributed by atoms with van der Waals surface area (Å²) < 4.78 is 9.33. The molecule has 0 aliphatic heterocycles. The first-order valence-corrected chi connectivity index (χ1v) is 20.8. The second-order valence-electron chi connectivity index (χ2n) is 16.0. The molecule has 2 heterocycles. The van der Waals surface area contributed by atoms with Gasteiger partial charge in [0, 0.05) is 58.7 Å². The SMILES string of the molecule is CC1(C)c2ccccc2-c2ccc(N(c3ccc(-c4cccc5sc6ccccc6c45)cc3)c3ccccc3-c3cccc4oc5c6ccccc6ccc5c34)cc21. The lowest BCUT2D eigenvalue weighted by molar-refractivity contribution is 0.660. The topological polar surface area (TPSA) is 16.4 Å². The molecule has 0 saturated carbocycles. The van der Waals surface area contributed by atoms with Crippen molar-refractivity contribution in [3.05, 3.63) is 199 Å². The Morgan fingerprint density at radius 3 is 2.02 bits per heavy atom. The molecule has 0 unspecified atom stereocenters. The highest BCUT2D eigenvalue weighted by Gasteiger charge is 2.36. The molecule has 12 rings (SSSR count). The van der Waals surface area contributed by atoms with Gasteiger partial charge in [-0.3, -0.25) is 0 Å². The van der Waals surface area contributed by atoms with Gasteiger partial charge in [0.05, 0.1) is 5.69 Å². The van der Waals surface area contributed by atoms with Crippen molar-refractivity contribution in [1.82, 2.24) is 0 Å². The van der Waals surface area contributed by atoms with Crippen LogP contribution in [0.1, 0.15) is 25.0 Å². The van der Waals surface area contributed by atoms with Crippen LogP contribution in [0, 0.1) is 0 Å². The van der Waals surface area contributed by atoms with Gasteiger partial charge in [-0.1, -0.05) is 147 Å². The number of fused-ring (bicyclic) bond motifs is 11. The Morgan fingerprint density at radius 1 is 0.448 bits per heavy atom. The van der Waals surface area contributed by atoms with Crippen LogP contribution in [0.25, 0.3) is 86.3 Å². The molecule has 0 fully saturated rings. The normalized spacial score (nSPS) is 13.1. The lowest BCUT2D eigenvalue weighted by Gasteiger charge is -2.30. The van der Waals surface area contributed by atoms with Crippen LogP contribution in [0.3, 0.4) is 0 Å². The Labute approximate surface area is 340 Å². The van der Waals surface area contributed by atoms with Crippen LogP contribution in [-0.2, 0) is 5.41 Å². The molecule has 274 valence electrons. The summed E-state index contributed by atoms with van der Waals surface area (Å²) in [6.45, 7) is 4.72. The molecule has 9 aromatic carbocycles. The van der Waals surface area contributed by atoms with Crippen LogP contribution in [-0.4, -0.2) is 0 Å². The maximum atomic E-state index is 6.70. The van der Waals surface area contributed by atoms with Crippen molar-refractivity contribution >= 4 is 81.3 Å². The van der Waals surface area contributed by atoms with Crippen LogP contribution in [0.5, 0.6) is 0 Å². The third-order valence-electron chi connectivity index (χ3n) is 12.5. The van der Waals surface area contributed by atoms with Gasteiger partial charge in [-0.05, 0) is 98.9 Å². The van der Waals surface area contributed by atoms with Gasteiger partial charge in [0.25, 0.3) is 0 Å². The van der Waals surface area contributed by atoms with Crippen molar-refractivity contribution in [2.45, 2.75) is 19.3 Å². The van der Waals surface area contributed by atoms with E-state index in [1.165, 1.54) is 58.9 Å². The summed E-state index contributed by atoms with van der Waals surface area (Å²) in [6, 6.07) is 68.9. The number of hydrogen-bond acceptors (Lipinski definition) is 3. The first kappa shape index (κ1) is 33.2. The fraction of sp³-hybridized carbons (Fsp3) is 0.0545. The van der Waals surface area contributed by atoms with Crippen LogP contribution in [0.15, 0.2) is 192 Å². The van der Waals surface area contributed by atoms with Gasteiger partial charge in [0.1, 0.15) is 11.2 Å². The van der Waals surface area contributed by atoms with Gasteiger partial charge in [0.15, 0.2) is 0 Å².